The zero-order valence-electron chi connectivity index (χ0n) is 12.7. The molecule has 1 heterocycles. The van der Waals surface area contributed by atoms with Gasteiger partial charge in [0.2, 0.25) is 10.0 Å². The van der Waals surface area contributed by atoms with Crippen LogP contribution in [0.2, 0.25) is 0 Å². The molecule has 0 radical (unpaired) electrons. The van der Waals surface area contributed by atoms with Gasteiger partial charge < -0.3 is 15.0 Å². The highest BCUT2D eigenvalue weighted by Gasteiger charge is 2.26. The van der Waals surface area contributed by atoms with E-state index in [-0.39, 0.29) is 11.3 Å². The molecular weight excluding hydrogens is 320 g/mol. The number of nitrogens with one attached hydrogen (secondary N) is 2. The van der Waals surface area contributed by atoms with Crippen LogP contribution >= 0.6 is 0 Å². The number of aromatic nitrogens is 2. The lowest BCUT2D eigenvalue weighted by atomic mass is 10.2. The first-order valence-corrected chi connectivity index (χ1v) is 8.27. The number of carbonyl (C=O) groups is 1. The minimum Gasteiger partial charge on any atom is -0.480 e. The highest BCUT2D eigenvalue weighted by Crippen LogP contribution is 2.18. The summed E-state index contributed by atoms with van der Waals surface area (Å²) in [6.07, 6.45) is 2.84. The molecule has 0 spiro atoms. The van der Waals surface area contributed by atoms with Crippen LogP contribution in [-0.2, 0) is 21.2 Å². The minimum absolute atomic E-state index is 0.0135. The second-order valence-corrected chi connectivity index (χ2v) is 6.90. The second-order valence-electron chi connectivity index (χ2n) is 5.18. The Balaban J connectivity index is 2.24. The lowest BCUT2D eigenvalue weighted by Gasteiger charge is -2.16. The van der Waals surface area contributed by atoms with E-state index >= 15 is 0 Å². The first-order chi connectivity index (χ1) is 10.8. The quantitative estimate of drug-likeness (QED) is 0.675. The Morgan fingerprint density at radius 3 is 2.74 bits per heavy atom. The van der Waals surface area contributed by atoms with Gasteiger partial charge in [-0.15, -0.1) is 0 Å². The molecule has 0 aliphatic rings. The molecular formula is C14H18N4O4S. The van der Waals surface area contributed by atoms with Crippen molar-refractivity contribution in [3.05, 3.63) is 42.5 Å². The molecule has 0 fully saturated rings. The Morgan fingerprint density at radius 1 is 1.43 bits per heavy atom. The molecule has 1 aromatic heterocycles. The highest BCUT2D eigenvalue weighted by molar-refractivity contribution is 7.89. The lowest BCUT2D eigenvalue weighted by Crippen LogP contribution is -2.42. The summed E-state index contributed by atoms with van der Waals surface area (Å²) >= 11 is 0. The fraction of sp³-hybridized carbons (Fsp3) is 0.286. The number of nitrogens with zero attached hydrogens (tertiary/aromatic N) is 2. The Bertz CT molecular complexity index is 772. The molecule has 2 rings (SSSR count). The zero-order chi connectivity index (χ0) is 17.0. The van der Waals surface area contributed by atoms with Crippen molar-refractivity contribution in [1.82, 2.24) is 14.7 Å². The number of carboxylic acids is 1. The van der Waals surface area contributed by atoms with Gasteiger partial charge in [-0.05, 0) is 18.2 Å². The standard InChI is InChI=1S/C14H18N4O4S/c1-18(2)11-4-3-5-12(7-11)23(21,22)17-13(14(19)20)6-10-8-15-9-16-10/h3-5,7-9,13,17H,6H2,1-2H3,(H,15,16)(H,19,20)/t13-/m1/s1. The van der Waals surface area contributed by atoms with Gasteiger partial charge in [-0.2, -0.15) is 4.72 Å². The summed E-state index contributed by atoms with van der Waals surface area (Å²) in [4.78, 5) is 19.7. The molecule has 1 aromatic carbocycles. The molecule has 2 aromatic rings. The summed E-state index contributed by atoms with van der Waals surface area (Å²) in [5.41, 5.74) is 1.23. The number of aliphatic carboxylic acids is 1. The van der Waals surface area contributed by atoms with E-state index in [1.54, 1.807) is 31.1 Å². The van der Waals surface area contributed by atoms with Crippen molar-refractivity contribution in [2.75, 3.05) is 19.0 Å². The van der Waals surface area contributed by atoms with Crippen LogP contribution in [0.5, 0.6) is 0 Å². The van der Waals surface area contributed by atoms with Gasteiger partial charge >= 0.3 is 5.97 Å². The number of imidazole rings is 1. The number of hydrogen-bond donors (Lipinski definition) is 3. The number of H-pyrrole nitrogens is 1. The number of benzene rings is 1. The summed E-state index contributed by atoms with van der Waals surface area (Å²) in [7, 11) is -0.377. The number of anilines is 1. The normalized spacial score (nSPS) is 12.8. The van der Waals surface area contributed by atoms with Crippen molar-refractivity contribution in [3.63, 3.8) is 0 Å². The van der Waals surface area contributed by atoms with Gasteiger partial charge in [-0.3, -0.25) is 4.79 Å². The molecule has 0 saturated carbocycles. The third-order valence-electron chi connectivity index (χ3n) is 3.22. The molecule has 9 heteroatoms. The minimum atomic E-state index is -3.96. The molecule has 1 atom stereocenters. The predicted molar refractivity (Wildman–Crippen MR) is 84.8 cm³/mol. The maximum absolute atomic E-state index is 12.4. The van der Waals surface area contributed by atoms with E-state index in [0.29, 0.717) is 11.4 Å². The Morgan fingerprint density at radius 2 is 2.17 bits per heavy atom. The number of carboxylic acid groups (broad SMARTS) is 1. The van der Waals surface area contributed by atoms with E-state index in [4.69, 9.17) is 0 Å². The van der Waals surface area contributed by atoms with Gasteiger partial charge in [-0.25, -0.2) is 13.4 Å². The predicted octanol–water partition coefficient (Wildman–Crippen LogP) is 0.450. The first kappa shape index (κ1) is 17.0. The molecule has 0 amide bonds. The topological polar surface area (TPSA) is 115 Å². The van der Waals surface area contributed by atoms with Crippen molar-refractivity contribution < 1.29 is 18.3 Å². The van der Waals surface area contributed by atoms with Crippen LogP contribution in [0.1, 0.15) is 5.69 Å². The van der Waals surface area contributed by atoms with Gasteiger partial charge in [0.05, 0.1) is 11.2 Å². The monoisotopic (exact) mass is 338 g/mol. The number of aromatic amines is 1. The van der Waals surface area contributed by atoms with E-state index in [9.17, 15) is 18.3 Å². The van der Waals surface area contributed by atoms with E-state index in [0.717, 1.165) is 0 Å². The zero-order valence-corrected chi connectivity index (χ0v) is 13.5. The van der Waals surface area contributed by atoms with E-state index in [1.165, 1.54) is 24.7 Å². The number of sulfonamides is 1. The summed E-state index contributed by atoms with van der Waals surface area (Å²) in [6.45, 7) is 0. The SMILES string of the molecule is CN(C)c1cccc(S(=O)(=O)N[C@H](Cc2cnc[nH]2)C(=O)O)c1. The second kappa shape index (κ2) is 6.80. The van der Waals surface area contributed by atoms with Gasteiger partial charge in [0.25, 0.3) is 0 Å². The van der Waals surface area contributed by atoms with Crippen molar-refractivity contribution in [2.24, 2.45) is 0 Å². The average molecular weight is 338 g/mol. The van der Waals surface area contributed by atoms with Crippen molar-refractivity contribution in [2.45, 2.75) is 17.4 Å². The van der Waals surface area contributed by atoms with Crippen LogP contribution in [0.25, 0.3) is 0 Å². The van der Waals surface area contributed by atoms with E-state index in [2.05, 4.69) is 14.7 Å². The van der Waals surface area contributed by atoms with Crippen molar-refractivity contribution >= 4 is 21.7 Å². The number of hydrogen-bond acceptors (Lipinski definition) is 5. The molecule has 0 saturated heterocycles. The van der Waals surface area contributed by atoms with Gasteiger partial charge in [-0.1, -0.05) is 6.07 Å². The third-order valence-corrected chi connectivity index (χ3v) is 4.69. The Labute approximate surface area is 134 Å². The van der Waals surface area contributed by atoms with E-state index < -0.39 is 22.0 Å². The van der Waals surface area contributed by atoms with E-state index in [1.807, 2.05) is 0 Å². The first-order valence-electron chi connectivity index (χ1n) is 6.79. The van der Waals surface area contributed by atoms with Crippen LogP contribution in [-0.4, -0.2) is 49.6 Å². The Hall–Kier alpha value is -2.39. The molecule has 3 N–H and O–H groups in total. The summed E-state index contributed by atoms with van der Waals surface area (Å²) in [5, 5.41) is 9.26. The smallest absolute Gasteiger partial charge is 0.322 e. The Kier molecular flexibility index (Phi) is 5.02. The van der Waals surface area contributed by atoms with Gasteiger partial charge in [0, 0.05) is 38.1 Å². The molecule has 0 unspecified atom stereocenters. The maximum Gasteiger partial charge on any atom is 0.322 e. The molecule has 0 aliphatic heterocycles. The fourth-order valence-electron chi connectivity index (χ4n) is 1.98. The fourth-order valence-corrected chi connectivity index (χ4v) is 3.21. The molecule has 0 aliphatic carbocycles. The highest BCUT2D eigenvalue weighted by atomic mass is 32.2. The third kappa shape index (κ3) is 4.30. The lowest BCUT2D eigenvalue weighted by molar-refractivity contribution is -0.138. The van der Waals surface area contributed by atoms with Crippen molar-refractivity contribution in [1.29, 1.82) is 0 Å². The number of rotatable bonds is 7. The molecule has 23 heavy (non-hydrogen) atoms. The van der Waals surface area contributed by atoms with Crippen LogP contribution in [0.3, 0.4) is 0 Å². The van der Waals surface area contributed by atoms with Crippen molar-refractivity contribution in [3.8, 4) is 0 Å². The van der Waals surface area contributed by atoms with Gasteiger partial charge in [0.15, 0.2) is 0 Å². The summed E-state index contributed by atoms with van der Waals surface area (Å²) in [6, 6.07) is 4.98. The molecule has 0 bridgehead atoms. The largest absolute Gasteiger partial charge is 0.480 e. The average Bonchev–Trinajstić information content (AvgIpc) is 2.99. The van der Waals surface area contributed by atoms with Crippen LogP contribution in [0.15, 0.2) is 41.7 Å². The van der Waals surface area contributed by atoms with Crippen LogP contribution in [0.4, 0.5) is 5.69 Å². The molecule has 124 valence electrons. The van der Waals surface area contributed by atoms with Crippen LogP contribution in [0, 0.1) is 0 Å². The maximum atomic E-state index is 12.4. The summed E-state index contributed by atoms with van der Waals surface area (Å²) < 4.78 is 27.1. The molecule has 8 nitrogen and oxygen atoms in total. The van der Waals surface area contributed by atoms with Gasteiger partial charge in [0.1, 0.15) is 6.04 Å². The van der Waals surface area contributed by atoms with Crippen LogP contribution < -0.4 is 9.62 Å². The summed E-state index contributed by atoms with van der Waals surface area (Å²) in [5.74, 6) is -1.26.